The van der Waals surface area contributed by atoms with Crippen molar-refractivity contribution in [2.45, 2.75) is 17.8 Å². The number of carbonyl (C=O) groups excluding carboxylic acids is 1. The van der Waals surface area contributed by atoms with Gasteiger partial charge in [0.2, 0.25) is 0 Å². The Morgan fingerprint density at radius 2 is 1.62 bits per heavy atom. The molecule has 0 aromatic heterocycles. The number of thioether (sulfide) groups is 2. The average molecular weight is 439 g/mol. The number of halogens is 3. The molecule has 29 heavy (non-hydrogen) atoms. The summed E-state index contributed by atoms with van der Waals surface area (Å²) in [4.78, 5) is 18.8. The highest BCUT2D eigenvalue weighted by Gasteiger charge is 2.35. The molecule has 1 heterocycles. The van der Waals surface area contributed by atoms with E-state index in [9.17, 15) is 18.0 Å². The predicted octanol–water partition coefficient (Wildman–Crippen LogP) is 5.66. The van der Waals surface area contributed by atoms with Crippen molar-refractivity contribution in [1.82, 2.24) is 4.90 Å². The van der Waals surface area contributed by atoms with Crippen molar-refractivity contribution in [1.29, 1.82) is 0 Å². The van der Waals surface area contributed by atoms with Crippen LogP contribution in [0, 0.1) is 0 Å². The van der Waals surface area contributed by atoms with Crippen LogP contribution in [0.2, 0.25) is 0 Å². The van der Waals surface area contributed by atoms with Crippen LogP contribution in [0.25, 0.3) is 0 Å². The zero-order chi connectivity index (χ0) is 20.7. The number of rotatable bonds is 4. The van der Waals surface area contributed by atoms with Gasteiger partial charge in [-0.05, 0) is 17.7 Å². The molecule has 0 aliphatic carbocycles. The second-order valence-electron chi connectivity index (χ2n) is 6.50. The fourth-order valence-electron chi connectivity index (χ4n) is 2.89. The Kier molecular flexibility index (Phi) is 7.66. The Morgan fingerprint density at radius 3 is 2.21 bits per heavy atom. The molecule has 8 heteroatoms. The van der Waals surface area contributed by atoms with Crippen molar-refractivity contribution >= 4 is 34.6 Å². The third-order valence-electron chi connectivity index (χ3n) is 4.34. The lowest BCUT2D eigenvalue weighted by molar-refractivity contribution is -0.134. The normalized spacial score (nSPS) is 16.5. The zero-order valence-corrected chi connectivity index (χ0v) is 17.3. The summed E-state index contributed by atoms with van der Waals surface area (Å²) in [7, 11) is 0. The minimum absolute atomic E-state index is 0.359. The Labute approximate surface area is 176 Å². The van der Waals surface area contributed by atoms with Gasteiger partial charge in [0, 0.05) is 35.4 Å². The van der Waals surface area contributed by atoms with E-state index in [1.165, 1.54) is 0 Å². The second kappa shape index (κ2) is 10.2. The van der Waals surface area contributed by atoms with Crippen molar-refractivity contribution in [3.8, 4) is 0 Å². The molecule has 154 valence electrons. The quantitative estimate of drug-likeness (QED) is 0.456. The summed E-state index contributed by atoms with van der Waals surface area (Å²) < 4.78 is 39.8. The van der Waals surface area contributed by atoms with Gasteiger partial charge in [0.15, 0.2) is 5.17 Å². The fraction of sp³-hybridized carbons (Fsp3) is 0.333. The molecule has 3 rings (SSSR count). The van der Waals surface area contributed by atoms with Crippen LogP contribution in [0.1, 0.15) is 27.6 Å². The number of hydrogen-bond donors (Lipinski definition) is 0. The summed E-state index contributed by atoms with van der Waals surface area (Å²) in [6, 6.07) is 17.2. The van der Waals surface area contributed by atoms with Gasteiger partial charge in [0.05, 0.1) is 6.42 Å². The number of aliphatic imine (C=N–C) groups is 1. The molecule has 1 saturated heterocycles. The average Bonchev–Trinajstić information content (AvgIpc) is 2.73. The van der Waals surface area contributed by atoms with Crippen LogP contribution in [0.5, 0.6) is 0 Å². The molecular formula is C21H21F3N2OS2. The van der Waals surface area contributed by atoms with Crippen molar-refractivity contribution in [2.24, 2.45) is 4.99 Å². The highest BCUT2D eigenvalue weighted by Crippen LogP contribution is 2.40. The minimum atomic E-state index is -4.32. The Balaban J connectivity index is 1.91. The Hall–Kier alpha value is -1.93. The van der Waals surface area contributed by atoms with E-state index < -0.39 is 23.8 Å². The summed E-state index contributed by atoms with van der Waals surface area (Å²) in [5.41, 5.74) is 0.991. The predicted molar refractivity (Wildman–Crippen MR) is 115 cm³/mol. The highest BCUT2D eigenvalue weighted by atomic mass is 32.2. The summed E-state index contributed by atoms with van der Waals surface area (Å²) in [5, 5.41) is -0.509. The van der Waals surface area contributed by atoms with Crippen LogP contribution in [-0.4, -0.2) is 46.7 Å². The minimum Gasteiger partial charge on any atom is -0.349 e. The fourth-order valence-corrected chi connectivity index (χ4v) is 5.08. The molecule has 2 aromatic rings. The maximum Gasteiger partial charge on any atom is 0.390 e. The smallest absolute Gasteiger partial charge is 0.349 e. The molecule has 1 atom stereocenters. The van der Waals surface area contributed by atoms with Crippen molar-refractivity contribution in [3.63, 3.8) is 0 Å². The van der Waals surface area contributed by atoms with Crippen LogP contribution in [-0.2, 0) is 0 Å². The number of hydrogen-bond acceptors (Lipinski definition) is 3. The SMILES string of the molecule is O=C(N=C(SC(CC(F)(F)F)c1ccccc1)N1CCSCC1)c1ccccc1. The molecule has 1 amide bonds. The Morgan fingerprint density at radius 1 is 1.03 bits per heavy atom. The monoisotopic (exact) mass is 438 g/mol. The molecule has 1 unspecified atom stereocenters. The van der Waals surface area contributed by atoms with E-state index in [-0.39, 0.29) is 0 Å². The number of carbonyl (C=O) groups is 1. The van der Waals surface area contributed by atoms with Gasteiger partial charge in [-0.1, -0.05) is 60.3 Å². The molecule has 1 fully saturated rings. The van der Waals surface area contributed by atoms with E-state index in [0.29, 0.717) is 29.4 Å². The van der Waals surface area contributed by atoms with E-state index in [1.807, 2.05) is 4.90 Å². The maximum atomic E-state index is 13.3. The van der Waals surface area contributed by atoms with Crippen LogP contribution < -0.4 is 0 Å². The molecule has 0 bridgehead atoms. The molecule has 0 saturated carbocycles. The lowest BCUT2D eigenvalue weighted by Gasteiger charge is -2.31. The van der Waals surface area contributed by atoms with Crippen LogP contribution >= 0.6 is 23.5 Å². The number of benzene rings is 2. The highest BCUT2D eigenvalue weighted by molar-refractivity contribution is 8.14. The lowest BCUT2D eigenvalue weighted by atomic mass is 10.1. The molecule has 0 spiro atoms. The van der Waals surface area contributed by atoms with Gasteiger partial charge in [0.25, 0.3) is 5.91 Å². The van der Waals surface area contributed by atoms with Gasteiger partial charge in [-0.25, -0.2) is 0 Å². The van der Waals surface area contributed by atoms with Gasteiger partial charge in [0.1, 0.15) is 0 Å². The number of amides is 1. The Bertz CT molecular complexity index is 823. The van der Waals surface area contributed by atoms with E-state index in [2.05, 4.69) is 4.99 Å². The zero-order valence-electron chi connectivity index (χ0n) is 15.6. The summed E-state index contributed by atoms with van der Waals surface area (Å²) >= 11 is 2.81. The van der Waals surface area contributed by atoms with Crippen LogP contribution in [0.15, 0.2) is 65.7 Å². The number of alkyl halides is 3. The number of nitrogens with zero attached hydrogens (tertiary/aromatic N) is 2. The van der Waals surface area contributed by atoms with E-state index in [0.717, 1.165) is 23.3 Å². The molecular weight excluding hydrogens is 417 g/mol. The first-order valence-corrected chi connectivity index (χ1v) is 11.2. The first-order chi connectivity index (χ1) is 13.9. The standard InChI is InChI=1S/C21H21F3N2OS2/c22-21(23,24)15-18(16-7-3-1-4-8-16)29-20(26-11-13-28-14-12-26)25-19(27)17-9-5-2-6-10-17/h1-10,18H,11-15H2. The molecule has 2 aromatic carbocycles. The van der Waals surface area contributed by atoms with E-state index in [1.54, 1.807) is 72.4 Å². The van der Waals surface area contributed by atoms with Gasteiger partial charge < -0.3 is 4.90 Å². The first kappa shape index (κ1) is 21.8. The largest absolute Gasteiger partial charge is 0.390 e. The van der Waals surface area contributed by atoms with Crippen molar-refractivity contribution < 1.29 is 18.0 Å². The molecule has 3 nitrogen and oxygen atoms in total. The van der Waals surface area contributed by atoms with E-state index in [4.69, 9.17) is 0 Å². The topological polar surface area (TPSA) is 32.7 Å². The van der Waals surface area contributed by atoms with E-state index >= 15 is 0 Å². The lowest BCUT2D eigenvalue weighted by Crippen LogP contribution is -2.37. The second-order valence-corrected chi connectivity index (χ2v) is 8.90. The van der Waals surface area contributed by atoms with Crippen LogP contribution in [0.4, 0.5) is 13.2 Å². The van der Waals surface area contributed by atoms with Crippen molar-refractivity contribution in [3.05, 3.63) is 71.8 Å². The third-order valence-corrected chi connectivity index (χ3v) is 6.56. The van der Waals surface area contributed by atoms with Gasteiger partial charge in [-0.15, -0.1) is 0 Å². The summed E-state index contributed by atoms with van der Waals surface area (Å²) in [5.74, 6) is 1.27. The summed E-state index contributed by atoms with van der Waals surface area (Å²) in [6.07, 6.45) is -5.30. The van der Waals surface area contributed by atoms with Crippen LogP contribution in [0.3, 0.4) is 0 Å². The molecule has 0 radical (unpaired) electrons. The van der Waals surface area contributed by atoms with Gasteiger partial charge in [-0.3, -0.25) is 4.79 Å². The number of amidine groups is 1. The molecule has 1 aliphatic heterocycles. The van der Waals surface area contributed by atoms with Gasteiger partial charge in [-0.2, -0.15) is 29.9 Å². The molecule has 0 N–H and O–H groups in total. The molecule has 1 aliphatic rings. The van der Waals surface area contributed by atoms with Crippen molar-refractivity contribution in [2.75, 3.05) is 24.6 Å². The summed E-state index contributed by atoms with van der Waals surface area (Å²) in [6.45, 7) is 1.32. The first-order valence-electron chi connectivity index (χ1n) is 9.21. The third kappa shape index (κ3) is 6.82. The maximum absolute atomic E-state index is 13.3. The van der Waals surface area contributed by atoms with Gasteiger partial charge >= 0.3 is 6.18 Å².